The first-order valence-corrected chi connectivity index (χ1v) is 3.64. The second kappa shape index (κ2) is 2.57. The van der Waals surface area contributed by atoms with E-state index in [4.69, 9.17) is 5.11 Å². The van der Waals surface area contributed by atoms with Crippen LogP contribution in [0.2, 0.25) is 0 Å². The fraction of sp³-hybridized carbons (Fsp3) is 0.200. The summed E-state index contributed by atoms with van der Waals surface area (Å²) in [7, 11) is 0. The molecule has 0 unspecified atom stereocenters. The molecule has 0 amide bonds. The van der Waals surface area contributed by atoms with E-state index in [1.165, 1.54) is 6.20 Å². The Morgan fingerprint density at radius 2 is 2.50 bits per heavy atom. The maximum Gasteiger partial charge on any atom is 0.432 e. The molecule has 1 aromatic rings. The summed E-state index contributed by atoms with van der Waals surface area (Å²) in [5, 5.41) is 12.1. The summed E-state index contributed by atoms with van der Waals surface area (Å²) in [6.07, 6.45) is 0.477. The van der Waals surface area contributed by atoms with Crippen molar-refractivity contribution in [2.75, 3.05) is 0 Å². The minimum absolute atomic E-state index is 0.660. The fourth-order valence-corrected chi connectivity index (χ4v) is 0.936. The molecule has 0 spiro atoms. The number of carboxylic acid groups (broad SMARTS) is 1. The SMILES string of the molecule is Cc1c(I)cnn1C(=O)O. The van der Waals surface area contributed by atoms with Crippen LogP contribution in [0.1, 0.15) is 5.69 Å². The van der Waals surface area contributed by atoms with Crippen molar-refractivity contribution in [3.8, 4) is 0 Å². The molecule has 0 bridgehead atoms. The molecule has 0 aliphatic rings. The summed E-state index contributed by atoms with van der Waals surface area (Å²) in [6.45, 7) is 1.71. The van der Waals surface area contributed by atoms with E-state index < -0.39 is 6.09 Å². The van der Waals surface area contributed by atoms with Crippen molar-refractivity contribution in [2.45, 2.75) is 6.92 Å². The first kappa shape index (κ1) is 7.52. The van der Waals surface area contributed by atoms with Crippen molar-refractivity contribution in [1.82, 2.24) is 9.78 Å². The van der Waals surface area contributed by atoms with Gasteiger partial charge in [0.25, 0.3) is 0 Å². The number of hydrogen-bond acceptors (Lipinski definition) is 2. The minimum Gasteiger partial charge on any atom is -0.463 e. The lowest BCUT2D eigenvalue weighted by molar-refractivity contribution is 0.192. The molecule has 0 atom stereocenters. The van der Waals surface area contributed by atoms with Crippen molar-refractivity contribution < 1.29 is 9.90 Å². The number of rotatable bonds is 0. The number of halogens is 1. The molecule has 5 heteroatoms. The van der Waals surface area contributed by atoms with E-state index in [0.717, 1.165) is 8.25 Å². The highest BCUT2D eigenvalue weighted by molar-refractivity contribution is 14.1. The molecule has 0 aliphatic carbocycles. The van der Waals surface area contributed by atoms with Gasteiger partial charge in [0.1, 0.15) is 0 Å². The van der Waals surface area contributed by atoms with Gasteiger partial charge in [-0.3, -0.25) is 0 Å². The van der Waals surface area contributed by atoms with Crippen LogP contribution in [0.25, 0.3) is 0 Å². The summed E-state index contributed by atoms with van der Waals surface area (Å²) in [6, 6.07) is 0. The Hall–Kier alpha value is -0.590. The zero-order chi connectivity index (χ0) is 7.72. The number of nitrogens with zero attached hydrogens (tertiary/aromatic N) is 2. The molecule has 1 rings (SSSR count). The molecule has 0 saturated carbocycles. The highest BCUT2D eigenvalue weighted by atomic mass is 127. The molecular formula is C5H5IN2O2. The molecule has 1 heterocycles. The van der Waals surface area contributed by atoms with Crippen LogP contribution >= 0.6 is 22.6 Å². The van der Waals surface area contributed by atoms with Crippen LogP contribution < -0.4 is 0 Å². The number of aromatic nitrogens is 2. The van der Waals surface area contributed by atoms with E-state index >= 15 is 0 Å². The molecule has 0 aromatic carbocycles. The molecule has 0 fully saturated rings. The lowest BCUT2D eigenvalue weighted by Crippen LogP contribution is -2.11. The Balaban J connectivity index is 3.17. The summed E-state index contributed by atoms with van der Waals surface area (Å²) < 4.78 is 1.81. The average molecular weight is 252 g/mol. The van der Waals surface area contributed by atoms with Gasteiger partial charge in [-0.05, 0) is 29.5 Å². The second-order valence-electron chi connectivity index (χ2n) is 1.77. The van der Waals surface area contributed by atoms with Crippen molar-refractivity contribution in [3.63, 3.8) is 0 Å². The quantitative estimate of drug-likeness (QED) is 0.708. The summed E-state index contributed by atoms with van der Waals surface area (Å²) >= 11 is 2.03. The second-order valence-corrected chi connectivity index (χ2v) is 2.93. The Morgan fingerprint density at radius 3 is 2.70 bits per heavy atom. The topological polar surface area (TPSA) is 55.1 Å². The maximum absolute atomic E-state index is 10.3. The largest absolute Gasteiger partial charge is 0.463 e. The van der Waals surface area contributed by atoms with Gasteiger partial charge < -0.3 is 5.11 Å². The molecule has 54 valence electrons. The van der Waals surface area contributed by atoms with Gasteiger partial charge in [-0.25, -0.2) is 4.79 Å². The highest BCUT2D eigenvalue weighted by Crippen LogP contribution is 2.08. The lowest BCUT2D eigenvalue weighted by atomic mass is 10.5. The summed E-state index contributed by atoms with van der Waals surface area (Å²) in [4.78, 5) is 10.3. The minimum atomic E-state index is -1.04. The van der Waals surface area contributed by atoms with Gasteiger partial charge in [0.2, 0.25) is 0 Å². The Labute approximate surface area is 71.0 Å². The third-order valence-corrected chi connectivity index (χ3v) is 2.19. The third kappa shape index (κ3) is 1.13. The first-order valence-electron chi connectivity index (χ1n) is 2.56. The van der Waals surface area contributed by atoms with E-state index in [2.05, 4.69) is 5.10 Å². The van der Waals surface area contributed by atoms with Crippen molar-refractivity contribution in [3.05, 3.63) is 15.5 Å². The zero-order valence-electron chi connectivity index (χ0n) is 5.21. The van der Waals surface area contributed by atoms with Gasteiger partial charge >= 0.3 is 6.09 Å². The van der Waals surface area contributed by atoms with Gasteiger partial charge in [-0.2, -0.15) is 9.78 Å². The normalized spacial score (nSPS) is 9.80. The molecule has 1 aromatic heterocycles. The molecule has 0 aliphatic heterocycles. The van der Waals surface area contributed by atoms with E-state index in [-0.39, 0.29) is 0 Å². The van der Waals surface area contributed by atoms with Crippen LogP contribution in [0, 0.1) is 10.5 Å². The summed E-state index contributed by atoms with van der Waals surface area (Å²) in [5.74, 6) is 0. The molecule has 0 saturated heterocycles. The van der Waals surface area contributed by atoms with Crippen molar-refractivity contribution in [2.24, 2.45) is 0 Å². The predicted molar refractivity (Wildman–Crippen MR) is 43.1 cm³/mol. The van der Waals surface area contributed by atoms with Gasteiger partial charge in [0.05, 0.1) is 15.5 Å². The highest BCUT2D eigenvalue weighted by Gasteiger charge is 2.07. The lowest BCUT2D eigenvalue weighted by Gasteiger charge is -1.93. The predicted octanol–water partition coefficient (Wildman–Crippen LogP) is 1.32. The number of hydrogen-bond donors (Lipinski definition) is 1. The third-order valence-electron chi connectivity index (χ3n) is 1.13. The van der Waals surface area contributed by atoms with Crippen molar-refractivity contribution >= 4 is 28.7 Å². The Kier molecular flexibility index (Phi) is 1.93. The van der Waals surface area contributed by atoms with Crippen LogP contribution in [-0.2, 0) is 0 Å². The van der Waals surface area contributed by atoms with Gasteiger partial charge in [0, 0.05) is 0 Å². The standard InChI is InChI=1S/C5H5IN2O2/c1-3-4(6)2-7-8(3)5(9)10/h2H,1H3,(H,9,10). The molecule has 4 nitrogen and oxygen atoms in total. The van der Waals surface area contributed by atoms with Crippen LogP contribution in [0.3, 0.4) is 0 Å². The maximum atomic E-state index is 10.3. The van der Waals surface area contributed by atoms with Crippen LogP contribution in [0.5, 0.6) is 0 Å². The molecule has 1 N–H and O–H groups in total. The number of carbonyl (C=O) groups is 1. The van der Waals surface area contributed by atoms with Gasteiger partial charge in [0.15, 0.2) is 0 Å². The Bertz CT molecular complexity index is 269. The van der Waals surface area contributed by atoms with E-state index in [1.807, 2.05) is 22.6 Å². The van der Waals surface area contributed by atoms with E-state index in [1.54, 1.807) is 6.92 Å². The smallest absolute Gasteiger partial charge is 0.432 e. The monoisotopic (exact) mass is 252 g/mol. The first-order chi connectivity index (χ1) is 4.63. The fourth-order valence-electron chi connectivity index (χ4n) is 0.582. The van der Waals surface area contributed by atoms with Crippen LogP contribution in [0.4, 0.5) is 4.79 Å². The van der Waals surface area contributed by atoms with Crippen LogP contribution in [-0.4, -0.2) is 21.0 Å². The zero-order valence-corrected chi connectivity index (χ0v) is 7.36. The van der Waals surface area contributed by atoms with Crippen molar-refractivity contribution in [1.29, 1.82) is 0 Å². The summed E-state index contributed by atoms with van der Waals surface area (Å²) in [5.41, 5.74) is 0.660. The molecule has 0 radical (unpaired) electrons. The van der Waals surface area contributed by atoms with E-state index in [0.29, 0.717) is 5.69 Å². The van der Waals surface area contributed by atoms with Gasteiger partial charge in [-0.15, -0.1) is 0 Å². The van der Waals surface area contributed by atoms with Gasteiger partial charge in [-0.1, -0.05) is 0 Å². The average Bonchev–Trinajstić information content (AvgIpc) is 2.14. The molecular weight excluding hydrogens is 247 g/mol. The van der Waals surface area contributed by atoms with Crippen LogP contribution in [0.15, 0.2) is 6.20 Å². The molecule has 10 heavy (non-hydrogen) atoms. The Morgan fingerprint density at radius 1 is 1.90 bits per heavy atom. The van der Waals surface area contributed by atoms with E-state index in [9.17, 15) is 4.79 Å².